The van der Waals surface area contributed by atoms with Crippen LogP contribution in [0, 0.1) is 0 Å². The highest BCUT2D eigenvalue weighted by atomic mass is 16.5. The predicted molar refractivity (Wildman–Crippen MR) is 146 cm³/mol. The van der Waals surface area contributed by atoms with Gasteiger partial charge in [-0.3, -0.25) is 14.5 Å². The van der Waals surface area contributed by atoms with Gasteiger partial charge in [0.1, 0.15) is 18.0 Å². The molecule has 2 unspecified atom stereocenters. The van der Waals surface area contributed by atoms with E-state index in [9.17, 15) is 14.7 Å². The highest BCUT2D eigenvalue weighted by Gasteiger charge is 2.37. The van der Waals surface area contributed by atoms with Gasteiger partial charge in [-0.1, -0.05) is 54.6 Å². The normalized spacial score (nSPS) is 17.8. The Balaban J connectivity index is 1.38. The van der Waals surface area contributed by atoms with Crippen molar-refractivity contribution in [2.75, 3.05) is 19.4 Å². The number of aliphatic hydroxyl groups is 1. The molecule has 1 saturated heterocycles. The standard InChI is InChI=1S/C30H29N5O4/c1-39-29(38)25-11-6-14-35(25)27(36)22-10-5-4-9-21(22)18-12-13-24-23(15-18)26(33-30(31)32-24)28(37)34-16-19-7-2-3-8-20(19)17-34/h2-5,7-10,12-13,15,25,27,36H,6,11,14,16-17H2,1H3,(H2,31,32,33). The molecule has 2 atom stereocenters. The molecule has 3 N–H and O–H groups in total. The lowest BCUT2D eigenvalue weighted by atomic mass is 9.96. The average molecular weight is 524 g/mol. The maximum Gasteiger partial charge on any atom is 0.323 e. The Hall–Kier alpha value is -4.34. The summed E-state index contributed by atoms with van der Waals surface area (Å²) in [5.74, 6) is -0.528. The van der Waals surface area contributed by atoms with Gasteiger partial charge in [0.05, 0.1) is 12.6 Å². The van der Waals surface area contributed by atoms with Gasteiger partial charge >= 0.3 is 5.97 Å². The molecule has 0 bridgehead atoms. The molecule has 0 saturated carbocycles. The first-order valence-corrected chi connectivity index (χ1v) is 13.0. The summed E-state index contributed by atoms with van der Waals surface area (Å²) in [5, 5.41) is 12.0. The van der Waals surface area contributed by atoms with Crippen LogP contribution in [0.15, 0.2) is 66.7 Å². The van der Waals surface area contributed by atoms with E-state index in [1.807, 2.05) is 66.7 Å². The van der Waals surface area contributed by atoms with E-state index in [2.05, 4.69) is 9.97 Å². The van der Waals surface area contributed by atoms with Crippen molar-refractivity contribution in [3.05, 3.63) is 89.1 Å². The number of nitrogens with zero attached hydrogens (tertiary/aromatic N) is 4. The van der Waals surface area contributed by atoms with Crippen molar-refractivity contribution in [2.45, 2.75) is 38.2 Å². The van der Waals surface area contributed by atoms with Crippen molar-refractivity contribution >= 4 is 28.7 Å². The fourth-order valence-corrected chi connectivity index (χ4v) is 5.74. The van der Waals surface area contributed by atoms with Gasteiger partial charge in [0.2, 0.25) is 5.95 Å². The number of aromatic nitrogens is 2. The van der Waals surface area contributed by atoms with Crippen LogP contribution < -0.4 is 5.73 Å². The molecule has 2 aliphatic heterocycles. The van der Waals surface area contributed by atoms with E-state index in [1.54, 1.807) is 9.80 Å². The molecule has 1 fully saturated rings. The van der Waals surface area contributed by atoms with Gasteiger partial charge in [0.15, 0.2) is 0 Å². The number of fused-ring (bicyclic) bond motifs is 2. The van der Waals surface area contributed by atoms with E-state index in [1.165, 1.54) is 7.11 Å². The first-order chi connectivity index (χ1) is 18.9. The van der Waals surface area contributed by atoms with Crippen LogP contribution in [0.5, 0.6) is 0 Å². The molecular weight excluding hydrogens is 494 g/mol. The van der Waals surface area contributed by atoms with Crippen molar-refractivity contribution in [3.63, 3.8) is 0 Å². The molecule has 3 heterocycles. The molecule has 0 aliphatic carbocycles. The summed E-state index contributed by atoms with van der Waals surface area (Å²) in [6, 6.07) is 20.6. The van der Waals surface area contributed by atoms with Gasteiger partial charge in [0, 0.05) is 30.6 Å². The second kappa shape index (κ2) is 10.1. The molecule has 39 heavy (non-hydrogen) atoms. The fraction of sp³-hybridized carbons (Fsp3) is 0.267. The first-order valence-electron chi connectivity index (χ1n) is 13.0. The molecule has 9 nitrogen and oxygen atoms in total. The highest BCUT2D eigenvalue weighted by molar-refractivity contribution is 6.06. The third kappa shape index (κ3) is 4.49. The van der Waals surface area contributed by atoms with Gasteiger partial charge in [-0.05, 0) is 47.2 Å². The van der Waals surface area contributed by atoms with Crippen molar-refractivity contribution in [1.82, 2.24) is 19.8 Å². The molecule has 0 radical (unpaired) electrons. The number of carbonyl (C=O) groups is 2. The zero-order valence-electron chi connectivity index (χ0n) is 21.6. The number of anilines is 1. The minimum absolute atomic E-state index is 0.0361. The van der Waals surface area contributed by atoms with E-state index in [0.717, 1.165) is 28.7 Å². The summed E-state index contributed by atoms with van der Waals surface area (Å²) < 4.78 is 4.97. The SMILES string of the molecule is COC(=O)C1CCCN1C(O)c1ccccc1-c1ccc2nc(N)nc(C(=O)N3Cc4ccccc4C3)c2c1. The number of carbonyl (C=O) groups excluding carboxylic acids is 2. The number of amides is 1. The van der Waals surface area contributed by atoms with Crippen LogP contribution in [0.1, 0.15) is 46.2 Å². The largest absolute Gasteiger partial charge is 0.468 e. The predicted octanol–water partition coefficient (Wildman–Crippen LogP) is 3.66. The maximum absolute atomic E-state index is 13.7. The Morgan fingerprint density at radius 3 is 2.49 bits per heavy atom. The second-order valence-corrected chi connectivity index (χ2v) is 9.97. The number of ether oxygens (including phenoxy) is 1. The second-order valence-electron chi connectivity index (χ2n) is 9.97. The number of hydrogen-bond acceptors (Lipinski definition) is 8. The summed E-state index contributed by atoms with van der Waals surface area (Å²) in [5.41, 5.74) is 11.3. The molecule has 1 amide bonds. The molecule has 0 spiro atoms. The van der Waals surface area contributed by atoms with E-state index in [4.69, 9.17) is 10.5 Å². The Labute approximate surface area is 225 Å². The van der Waals surface area contributed by atoms with E-state index in [0.29, 0.717) is 42.5 Å². The monoisotopic (exact) mass is 523 g/mol. The van der Waals surface area contributed by atoms with Gasteiger partial charge in [-0.2, -0.15) is 0 Å². The fourth-order valence-electron chi connectivity index (χ4n) is 5.74. The van der Waals surface area contributed by atoms with Gasteiger partial charge in [-0.15, -0.1) is 0 Å². The Morgan fingerprint density at radius 1 is 1.03 bits per heavy atom. The number of likely N-dealkylation sites (tertiary alicyclic amines) is 1. The summed E-state index contributed by atoms with van der Waals surface area (Å²) in [4.78, 5) is 38.3. The molecule has 2 aliphatic rings. The summed E-state index contributed by atoms with van der Waals surface area (Å²) >= 11 is 0. The molecule has 4 aromatic rings. The molecule has 198 valence electrons. The molecule has 3 aromatic carbocycles. The summed E-state index contributed by atoms with van der Waals surface area (Å²) in [6.07, 6.45) is 0.418. The van der Waals surface area contributed by atoms with Crippen molar-refractivity contribution in [3.8, 4) is 11.1 Å². The van der Waals surface area contributed by atoms with Crippen LogP contribution in [0.25, 0.3) is 22.0 Å². The number of esters is 1. The zero-order chi connectivity index (χ0) is 27.1. The van der Waals surface area contributed by atoms with Crippen LogP contribution in [0.4, 0.5) is 5.95 Å². The van der Waals surface area contributed by atoms with Gasteiger partial charge < -0.3 is 20.5 Å². The number of nitrogen functional groups attached to an aromatic ring is 1. The summed E-state index contributed by atoms with van der Waals surface area (Å²) in [7, 11) is 1.36. The third-order valence-corrected chi connectivity index (χ3v) is 7.68. The minimum atomic E-state index is -1.00. The van der Waals surface area contributed by atoms with E-state index < -0.39 is 12.3 Å². The Bertz CT molecular complexity index is 1560. The third-order valence-electron chi connectivity index (χ3n) is 7.68. The van der Waals surface area contributed by atoms with E-state index in [-0.39, 0.29) is 23.5 Å². The number of hydrogen-bond donors (Lipinski definition) is 2. The topological polar surface area (TPSA) is 122 Å². The van der Waals surface area contributed by atoms with E-state index >= 15 is 0 Å². The Morgan fingerprint density at radius 2 is 1.74 bits per heavy atom. The lowest BCUT2D eigenvalue weighted by Gasteiger charge is -2.29. The lowest BCUT2D eigenvalue weighted by molar-refractivity contribution is -0.150. The van der Waals surface area contributed by atoms with Crippen LogP contribution in [-0.4, -0.2) is 56.4 Å². The highest BCUT2D eigenvalue weighted by Crippen LogP contribution is 2.36. The number of rotatable bonds is 5. The average Bonchev–Trinajstić information content (AvgIpc) is 3.63. The lowest BCUT2D eigenvalue weighted by Crippen LogP contribution is -2.39. The number of nitrogens with two attached hydrogens (primary N) is 1. The Kier molecular flexibility index (Phi) is 6.46. The minimum Gasteiger partial charge on any atom is -0.468 e. The van der Waals surface area contributed by atoms with Crippen LogP contribution in [0.2, 0.25) is 0 Å². The van der Waals surface area contributed by atoms with Crippen LogP contribution >= 0.6 is 0 Å². The van der Waals surface area contributed by atoms with Crippen molar-refractivity contribution < 1.29 is 19.4 Å². The quantitative estimate of drug-likeness (QED) is 0.380. The number of benzene rings is 3. The maximum atomic E-state index is 13.7. The zero-order valence-corrected chi connectivity index (χ0v) is 21.6. The van der Waals surface area contributed by atoms with Crippen LogP contribution in [0.3, 0.4) is 0 Å². The molecule has 9 heteroatoms. The number of aliphatic hydroxyl groups excluding tert-OH is 1. The molecule has 1 aromatic heterocycles. The first kappa shape index (κ1) is 25.0. The summed E-state index contributed by atoms with van der Waals surface area (Å²) in [6.45, 7) is 1.59. The van der Waals surface area contributed by atoms with Crippen molar-refractivity contribution in [2.24, 2.45) is 0 Å². The number of methoxy groups -OCH3 is 1. The van der Waals surface area contributed by atoms with Gasteiger partial charge in [-0.25, -0.2) is 9.97 Å². The molecular formula is C30H29N5O4. The smallest absolute Gasteiger partial charge is 0.323 e. The van der Waals surface area contributed by atoms with Crippen LogP contribution in [-0.2, 0) is 22.6 Å². The van der Waals surface area contributed by atoms with Crippen molar-refractivity contribution in [1.29, 1.82) is 0 Å². The van der Waals surface area contributed by atoms with Gasteiger partial charge in [0.25, 0.3) is 5.91 Å². The molecule has 6 rings (SSSR count).